The topological polar surface area (TPSA) is 73.2 Å². The van der Waals surface area contributed by atoms with E-state index in [1.54, 1.807) is 35.2 Å². The third-order valence-electron chi connectivity index (χ3n) is 4.53. The molecular weight excluding hydrogens is 338 g/mol. The molecule has 5 nitrogen and oxygen atoms in total. The van der Waals surface area contributed by atoms with Crippen LogP contribution in [0.15, 0.2) is 60.2 Å². The number of carbonyl (C=O) groups is 2. The zero-order valence-electron chi connectivity index (χ0n) is 15.2. The fraction of sp³-hybridized carbons (Fsp3) is 0.227. The number of unbranched alkanes of at least 4 members (excludes halogenated alkanes) is 2. The molecule has 0 aliphatic carbocycles. The van der Waals surface area contributed by atoms with Gasteiger partial charge in [0.05, 0.1) is 11.3 Å². The summed E-state index contributed by atoms with van der Waals surface area (Å²) in [5.74, 6) is -0.857. The second kappa shape index (κ2) is 8.33. The van der Waals surface area contributed by atoms with Crippen LogP contribution >= 0.6 is 0 Å². The highest BCUT2D eigenvalue weighted by Crippen LogP contribution is 2.38. The molecule has 0 bridgehead atoms. The van der Waals surface area contributed by atoms with Gasteiger partial charge in [0.25, 0.3) is 11.8 Å². The van der Waals surface area contributed by atoms with Crippen LogP contribution in [0.4, 0.5) is 11.4 Å². The number of nitrogens with one attached hydrogen (secondary N) is 1. The molecule has 0 unspecified atom stereocenters. The van der Waals surface area contributed by atoms with E-state index in [0.29, 0.717) is 17.8 Å². The van der Waals surface area contributed by atoms with Crippen LogP contribution in [0.25, 0.3) is 5.57 Å². The van der Waals surface area contributed by atoms with Crippen molar-refractivity contribution in [1.82, 2.24) is 0 Å². The lowest BCUT2D eigenvalue weighted by molar-refractivity contribution is -0.114. The SMILES string of the molecule is CCCCCN1C(=O)/C(=C(/C#N)C(=O)Nc2ccccc2)c2ccccc21. The van der Waals surface area contributed by atoms with Gasteiger partial charge in [0.1, 0.15) is 11.6 Å². The second-order valence-corrected chi connectivity index (χ2v) is 6.36. The van der Waals surface area contributed by atoms with Gasteiger partial charge in [-0.05, 0) is 24.6 Å². The molecule has 0 atom stereocenters. The zero-order chi connectivity index (χ0) is 19.2. The minimum absolute atomic E-state index is 0.158. The number of benzene rings is 2. The van der Waals surface area contributed by atoms with Gasteiger partial charge in [0, 0.05) is 17.8 Å². The molecule has 0 spiro atoms. The third kappa shape index (κ3) is 3.75. The van der Waals surface area contributed by atoms with Gasteiger partial charge in [0.15, 0.2) is 0 Å². The van der Waals surface area contributed by atoms with E-state index >= 15 is 0 Å². The van der Waals surface area contributed by atoms with Gasteiger partial charge in [-0.15, -0.1) is 0 Å². The number of carbonyl (C=O) groups excluding carboxylic acids is 2. The van der Waals surface area contributed by atoms with E-state index in [-0.39, 0.29) is 17.1 Å². The van der Waals surface area contributed by atoms with Crippen LogP contribution in [0, 0.1) is 11.3 Å². The Kier molecular flexibility index (Phi) is 5.68. The molecule has 1 aliphatic rings. The molecule has 2 aromatic rings. The van der Waals surface area contributed by atoms with E-state index in [1.807, 2.05) is 30.3 Å². The quantitative estimate of drug-likeness (QED) is 0.479. The Bertz CT molecular complexity index is 926. The normalized spacial score (nSPS) is 14.5. The summed E-state index contributed by atoms with van der Waals surface area (Å²) in [5.41, 5.74) is 1.99. The van der Waals surface area contributed by atoms with Crippen LogP contribution in [0.5, 0.6) is 0 Å². The molecule has 5 heteroatoms. The highest BCUT2D eigenvalue weighted by Gasteiger charge is 2.35. The van der Waals surface area contributed by atoms with Crippen molar-refractivity contribution >= 4 is 28.8 Å². The molecule has 0 fully saturated rings. The molecule has 1 aliphatic heterocycles. The van der Waals surface area contributed by atoms with E-state index in [9.17, 15) is 14.9 Å². The minimum Gasteiger partial charge on any atom is -0.321 e. The number of anilines is 2. The number of para-hydroxylation sites is 2. The first-order valence-corrected chi connectivity index (χ1v) is 9.09. The lowest BCUT2D eigenvalue weighted by atomic mass is 10.0. The van der Waals surface area contributed by atoms with Gasteiger partial charge < -0.3 is 10.2 Å². The molecule has 0 saturated heterocycles. The number of rotatable bonds is 6. The summed E-state index contributed by atoms with van der Waals surface area (Å²) in [7, 11) is 0. The minimum atomic E-state index is -0.572. The molecule has 3 rings (SSSR count). The third-order valence-corrected chi connectivity index (χ3v) is 4.53. The Balaban J connectivity index is 1.98. The first-order valence-electron chi connectivity index (χ1n) is 9.09. The maximum Gasteiger partial charge on any atom is 0.267 e. The molecule has 1 N–H and O–H groups in total. The lowest BCUT2D eigenvalue weighted by Crippen LogP contribution is -2.28. The van der Waals surface area contributed by atoms with E-state index in [2.05, 4.69) is 12.2 Å². The number of nitrogens with zero attached hydrogens (tertiary/aromatic N) is 2. The molecule has 2 aromatic carbocycles. The Morgan fingerprint density at radius 2 is 1.78 bits per heavy atom. The van der Waals surface area contributed by atoms with Gasteiger partial charge in [-0.3, -0.25) is 9.59 Å². The van der Waals surface area contributed by atoms with Crippen LogP contribution in [0.3, 0.4) is 0 Å². The molecule has 0 radical (unpaired) electrons. The zero-order valence-corrected chi connectivity index (χ0v) is 15.2. The summed E-state index contributed by atoms with van der Waals surface area (Å²) < 4.78 is 0. The van der Waals surface area contributed by atoms with Crippen LogP contribution in [0.2, 0.25) is 0 Å². The average Bonchev–Trinajstić information content (AvgIpc) is 2.96. The van der Waals surface area contributed by atoms with Crippen LogP contribution in [0.1, 0.15) is 31.7 Å². The van der Waals surface area contributed by atoms with Crippen molar-refractivity contribution in [3.8, 4) is 6.07 Å². The highest BCUT2D eigenvalue weighted by molar-refractivity contribution is 6.37. The summed E-state index contributed by atoms with van der Waals surface area (Å²) in [4.78, 5) is 27.4. The van der Waals surface area contributed by atoms with Gasteiger partial charge in [-0.1, -0.05) is 56.2 Å². The van der Waals surface area contributed by atoms with Crippen LogP contribution in [-0.4, -0.2) is 18.4 Å². The Morgan fingerprint density at radius 3 is 2.48 bits per heavy atom. The molecular formula is C22H21N3O2. The Morgan fingerprint density at radius 1 is 1.07 bits per heavy atom. The Hall–Kier alpha value is -3.39. The van der Waals surface area contributed by atoms with Crippen molar-refractivity contribution < 1.29 is 9.59 Å². The highest BCUT2D eigenvalue weighted by atomic mass is 16.2. The number of fused-ring (bicyclic) bond motifs is 1. The first-order chi connectivity index (χ1) is 13.2. The molecule has 27 heavy (non-hydrogen) atoms. The number of hydrogen-bond acceptors (Lipinski definition) is 3. The van der Waals surface area contributed by atoms with Crippen molar-refractivity contribution in [2.75, 3.05) is 16.8 Å². The van der Waals surface area contributed by atoms with Gasteiger partial charge in [-0.25, -0.2) is 0 Å². The molecule has 2 amide bonds. The average molecular weight is 359 g/mol. The van der Waals surface area contributed by atoms with Gasteiger partial charge in [-0.2, -0.15) is 5.26 Å². The van der Waals surface area contributed by atoms with Gasteiger partial charge in [0.2, 0.25) is 0 Å². The maximum absolute atomic E-state index is 13.1. The molecule has 0 saturated carbocycles. The summed E-state index contributed by atoms with van der Waals surface area (Å²) in [5, 5.41) is 12.3. The predicted molar refractivity (Wildman–Crippen MR) is 106 cm³/mol. The van der Waals surface area contributed by atoms with Crippen molar-refractivity contribution in [3.05, 3.63) is 65.7 Å². The number of hydrogen-bond donors (Lipinski definition) is 1. The monoisotopic (exact) mass is 359 g/mol. The second-order valence-electron chi connectivity index (χ2n) is 6.36. The molecule has 136 valence electrons. The van der Waals surface area contributed by atoms with E-state index in [1.165, 1.54) is 0 Å². The molecule has 1 heterocycles. The Labute approximate surface area is 158 Å². The fourth-order valence-electron chi connectivity index (χ4n) is 3.20. The van der Waals surface area contributed by atoms with Crippen molar-refractivity contribution in [1.29, 1.82) is 5.26 Å². The smallest absolute Gasteiger partial charge is 0.267 e. The largest absolute Gasteiger partial charge is 0.321 e. The summed E-state index contributed by atoms with van der Waals surface area (Å²) in [6.07, 6.45) is 2.95. The van der Waals surface area contributed by atoms with Crippen molar-refractivity contribution in [2.24, 2.45) is 0 Å². The van der Waals surface area contributed by atoms with Crippen molar-refractivity contribution in [3.63, 3.8) is 0 Å². The van der Waals surface area contributed by atoms with Crippen LogP contribution in [-0.2, 0) is 9.59 Å². The summed E-state index contributed by atoms with van der Waals surface area (Å²) in [6, 6.07) is 18.1. The number of nitriles is 1. The predicted octanol–water partition coefficient (Wildman–Crippen LogP) is 4.14. The van der Waals surface area contributed by atoms with Crippen molar-refractivity contribution in [2.45, 2.75) is 26.2 Å². The molecule has 0 aromatic heterocycles. The summed E-state index contributed by atoms with van der Waals surface area (Å²) >= 11 is 0. The standard InChI is InChI=1S/C22H21N3O2/c1-2-3-9-14-25-19-13-8-7-12-17(19)20(22(25)27)18(15-23)21(26)24-16-10-5-4-6-11-16/h4-8,10-13H,2-3,9,14H2,1H3,(H,24,26)/b20-18-. The maximum atomic E-state index is 13.1. The van der Waals surface area contributed by atoms with E-state index in [0.717, 1.165) is 24.9 Å². The summed E-state index contributed by atoms with van der Waals surface area (Å²) in [6.45, 7) is 2.68. The first kappa shape index (κ1) is 18.4. The lowest BCUT2D eigenvalue weighted by Gasteiger charge is -2.16. The van der Waals surface area contributed by atoms with Crippen LogP contribution < -0.4 is 10.2 Å². The fourth-order valence-corrected chi connectivity index (χ4v) is 3.20. The van der Waals surface area contributed by atoms with E-state index < -0.39 is 5.91 Å². The van der Waals surface area contributed by atoms with E-state index in [4.69, 9.17) is 0 Å². The number of amides is 2. The van der Waals surface area contributed by atoms with Gasteiger partial charge >= 0.3 is 0 Å².